The van der Waals surface area contributed by atoms with Crippen LogP contribution in [0.5, 0.6) is 0 Å². The highest BCUT2D eigenvalue weighted by atomic mass is 32.1. The van der Waals surface area contributed by atoms with Crippen molar-refractivity contribution in [3.05, 3.63) is 0 Å². The quantitative estimate of drug-likeness (QED) is 0.765. The molecular formula is C13H22N2OS. The molecule has 0 unspecified atom stereocenters. The molecule has 0 heterocycles. The van der Waals surface area contributed by atoms with E-state index in [1.165, 1.54) is 12.8 Å². The van der Waals surface area contributed by atoms with Gasteiger partial charge in [-0.05, 0) is 25.7 Å². The van der Waals surface area contributed by atoms with Crippen LogP contribution in [0.25, 0.3) is 0 Å². The fourth-order valence-electron chi connectivity index (χ4n) is 2.78. The van der Waals surface area contributed by atoms with Gasteiger partial charge in [-0.15, -0.1) is 0 Å². The Morgan fingerprint density at radius 3 is 2.47 bits per heavy atom. The summed E-state index contributed by atoms with van der Waals surface area (Å²) in [5, 5.41) is 0. The molecule has 0 spiro atoms. The zero-order valence-electron chi connectivity index (χ0n) is 10.6. The van der Waals surface area contributed by atoms with Gasteiger partial charge >= 0.3 is 0 Å². The van der Waals surface area contributed by atoms with Crippen molar-refractivity contribution in [3.8, 4) is 0 Å². The highest BCUT2D eigenvalue weighted by Gasteiger charge is 2.43. The molecule has 0 aromatic carbocycles. The molecule has 2 aliphatic rings. The Labute approximate surface area is 109 Å². The zero-order chi connectivity index (χ0) is 12.5. The van der Waals surface area contributed by atoms with Crippen molar-refractivity contribution in [1.82, 2.24) is 4.90 Å². The summed E-state index contributed by atoms with van der Waals surface area (Å²) in [5.41, 5.74) is 5.43. The number of carbonyl (C=O) groups excluding carboxylic acids is 1. The normalized spacial score (nSPS) is 22.4. The lowest BCUT2D eigenvalue weighted by molar-refractivity contribution is -0.141. The lowest BCUT2D eigenvalue weighted by atomic mass is 9.87. The van der Waals surface area contributed by atoms with Crippen LogP contribution < -0.4 is 5.73 Å². The summed E-state index contributed by atoms with van der Waals surface area (Å²) in [4.78, 5) is 15.2. The van der Waals surface area contributed by atoms with Gasteiger partial charge in [0.15, 0.2) is 0 Å². The molecule has 0 aliphatic heterocycles. The van der Waals surface area contributed by atoms with E-state index in [0.29, 0.717) is 29.9 Å². The van der Waals surface area contributed by atoms with E-state index in [0.717, 1.165) is 25.7 Å². The molecule has 1 amide bonds. The van der Waals surface area contributed by atoms with Crippen molar-refractivity contribution >= 4 is 23.1 Å². The molecule has 96 valence electrons. The van der Waals surface area contributed by atoms with Gasteiger partial charge in [-0.1, -0.05) is 32.0 Å². The van der Waals surface area contributed by atoms with Crippen LogP contribution in [0.15, 0.2) is 0 Å². The second-order valence-electron chi connectivity index (χ2n) is 5.71. The molecule has 2 rings (SSSR count). The van der Waals surface area contributed by atoms with E-state index < -0.39 is 0 Å². The van der Waals surface area contributed by atoms with E-state index in [4.69, 9.17) is 18.0 Å². The number of nitrogens with two attached hydrogens (primary N) is 1. The SMILES string of the molecule is CC1(C(=O)N(CCC(N)=S)C2CC2)CCCC1. The fraction of sp³-hybridized carbons (Fsp3) is 0.846. The van der Waals surface area contributed by atoms with Crippen LogP contribution in [0.2, 0.25) is 0 Å². The topological polar surface area (TPSA) is 46.3 Å². The molecule has 2 saturated carbocycles. The zero-order valence-corrected chi connectivity index (χ0v) is 11.4. The molecule has 0 bridgehead atoms. The number of hydrogen-bond donors (Lipinski definition) is 1. The van der Waals surface area contributed by atoms with Crippen molar-refractivity contribution in [2.75, 3.05) is 6.54 Å². The van der Waals surface area contributed by atoms with Crippen molar-refractivity contribution in [1.29, 1.82) is 0 Å². The minimum Gasteiger partial charge on any atom is -0.393 e. The monoisotopic (exact) mass is 254 g/mol. The Kier molecular flexibility index (Phi) is 3.71. The van der Waals surface area contributed by atoms with Crippen LogP contribution >= 0.6 is 12.2 Å². The van der Waals surface area contributed by atoms with E-state index in [2.05, 4.69) is 6.92 Å². The number of rotatable bonds is 5. The minimum absolute atomic E-state index is 0.112. The number of carbonyl (C=O) groups is 1. The van der Waals surface area contributed by atoms with Gasteiger partial charge in [0.1, 0.15) is 0 Å². The largest absolute Gasteiger partial charge is 0.393 e. The molecule has 3 nitrogen and oxygen atoms in total. The van der Waals surface area contributed by atoms with Gasteiger partial charge in [0.2, 0.25) is 5.91 Å². The molecule has 0 aromatic heterocycles. The highest BCUT2D eigenvalue weighted by Crippen LogP contribution is 2.41. The molecule has 2 aliphatic carbocycles. The molecule has 0 atom stereocenters. The van der Waals surface area contributed by atoms with Gasteiger partial charge < -0.3 is 10.6 Å². The Morgan fingerprint density at radius 2 is 2.00 bits per heavy atom. The van der Waals surface area contributed by atoms with Crippen LogP contribution in [-0.2, 0) is 4.79 Å². The second kappa shape index (κ2) is 4.92. The molecule has 0 saturated heterocycles. The third-order valence-electron chi connectivity index (χ3n) is 4.07. The number of hydrogen-bond acceptors (Lipinski definition) is 2. The summed E-state index contributed by atoms with van der Waals surface area (Å²) in [6, 6.07) is 0.467. The number of nitrogens with zero attached hydrogens (tertiary/aromatic N) is 1. The second-order valence-corrected chi connectivity index (χ2v) is 6.24. The molecule has 2 N–H and O–H groups in total. The average Bonchev–Trinajstić information content (AvgIpc) is 3.01. The molecule has 0 radical (unpaired) electrons. The highest BCUT2D eigenvalue weighted by molar-refractivity contribution is 7.80. The van der Waals surface area contributed by atoms with Crippen LogP contribution in [0.4, 0.5) is 0 Å². The summed E-state index contributed by atoms with van der Waals surface area (Å²) in [5.74, 6) is 0.341. The predicted molar refractivity (Wildman–Crippen MR) is 72.7 cm³/mol. The van der Waals surface area contributed by atoms with E-state index in [1.807, 2.05) is 4.90 Å². The molecule has 17 heavy (non-hydrogen) atoms. The van der Waals surface area contributed by atoms with Gasteiger partial charge in [-0.3, -0.25) is 4.79 Å². The molecule has 4 heteroatoms. The maximum atomic E-state index is 12.6. The first-order valence-corrected chi connectivity index (χ1v) is 7.03. The smallest absolute Gasteiger partial charge is 0.228 e. The van der Waals surface area contributed by atoms with Crippen LogP contribution in [0.1, 0.15) is 51.9 Å². The van der Waals surface area contributed by atoms with Gasteiger partial charge in [0.05, 0.1) is 4.99 Å². The average molecular weight is 254 g/mol. The van der Waals surface area contributed by atoms with E-state index in [9.17, 15) is 4.79 Å². The number of thiocarbonyl (C=S) groups is 1. The van der Waals surface area contributed by atoms with Crippen molar-refractivity contribution in [3.63, 3.8) is 0 Å². The van der Waals surface area contributed by atoms with E-state index in [-0.39, 0.29) is 5.41 Å². The number of amides is 1. The lowest BCUT2D eigenvalue weighted by Gasteiger charge is -2.31. The van der Waals surface area contributed by atoms with E-state index >= 15 is 0 Å². The molecular weight excluding hydrogens is 232 g/mol. The summed E-state index contributed by atoms with van der Waals surface area (Å²) in [6.45, 7) is 2.84. The van der Waals surface area contributed by atoms with Gasteiger partial charge in [0.25, 0.3) is 0 Å². The van der Waals surface area contributed by atoms with Gasteiger partial charge in [0, 0.05) is 24.4 Å². The van der Waals surface area contributed by atoms with Gasteiger partial charge in [-0.25, -0.2) is 0 Å². The van der Waals surface area contributed by atoms with Crippen molar-refractivity contribution < 1.29 is 4.79 Å². The Balaban J connectivity index is 1.99. The summed E-state index contributed by atoms with van der Waals surface area (Å²) in [6.07, 6.45) is 7.43. The third kappa shape index (κ3) is 2.97. The van der Waals surface area contributed by atoms with Crippen molar-refractivity contribution in [2.24, 2.45) is 11.1 Å². The first-order chi connectivity index (χ1) is 8.03. The minimum atomic E-state index is -0.112. The van der Waals surface area contributed by atoms with Crippen molar-refractivity contribution in [2.45, 2.75) is 57.9 Å². The summed E-state index contributed by atoms with van der Waals surface area (Å²) < 4.78 is 0. The first kappa shape index (κ1) is 12.8. The van der Waals surface area contributed by atoms with Gasteiger partial charge in [-0.2, -0.15) is 0 Å². The Morgan fingerprint density at radius 1 is 1.41 bits per heavy atom. The van der Waals surface area contributed by atoms with Crippen LogP contribution in [-0.4, -0.2) is 28.4 Å². The standard InChI is InChI=1S/C13H22N2OS/c1-13(7-2-3-8-13)12(16)15(10-4-5-10)9-6-11(14)17/h10H,2-9H2,1H3,(H2,14,17). The third-order valence-corrected chi connectivity index (χ3v) is 4.28. The Hall–Kier alpha value is -0.640. The fourth-order valence-corrected chi connectivity index (χ4v) is 2.87. The summed E-state index contributed by atoms with van der Waals surface area (Å²) in [7, 11) is 0. The molecule has 0 aromatic rings. The van der Waals surface area contributed by atoms with E-state index in [1.54, 1.807) is 0 Å². The Bertz CT molecular complexity index is 319. The van der Waals surface area contributed by atoms with Crippen LogP contribution in [0.3, 0.4) is 0 Å². The predicted octanol–water partition coefficient (Wildman–Crippen LogP) is 2.23. The van der Waals surface area contributed by atoms with Crippen LogP contribution in [0, 0.1) is 5.41 Å². The molecule has 2 fully saturated rings. The lowest BCUT2D eigenvalue weighted by Crippen LogP contribution is -2.43. The maximum Gasteiger partial charge on any atom is 0.228 e. The summed E-state index contributed by atoms with van der Waals surface area (Å²) >= 11 is 4.91. The first-order valence-electron chi connectivity index (χ1n) is 6.62. The maximum absolute atomic E-state index is 12.6.